The molecule has 0 saturated carbocycles. The van der Waals surface area contributed by atoms with Crippen LogP contribution in [0.25, 0.3) is 0 Å². The number of hydrogen-bond donors (Lipinski definition) is 1. The van der Waals surface area contributed by atoms with Crippen molar-refractivity contribution in [3.05, 3.63) is 63.1 Å². The molecule has 2 rings (SSSR count). The first-order valence-corrected chi connectivity index (χ1v) is 12.7. The van der Waals surface area contributed by atoms with Gasteiger partial charge in [0.05, 0.1) is 17.0 Å². The summed E-state index contributed by atoms with van der Waals surface area (Å²) < 4.78 is 25.9. The van der Waals surface area contributed by atoms with Crippen LogP contribution >= 0.6 is 34.8 Å². The van der Waals surface area contributed by atoms with Gasteiger partial charge in [0.2, 0.25) is 21.8 Å². The number of hydrogen-bond acceptors (Lipinski definition) is 4. The van der Waals surface area contributed by atoms with Crippen molar-refractivity contribution in [3.63, 3.8) is 0 Å². The van der Waals surface area contributed by atoms with Crippen LogP contribution in [0, 0.1) is 0 Å². The van der Waals surface area contributed by atoms with Crippen LogP contribution in [0.3, 0.4) is 0 Å². The first-order chi connectivity index (χ1) is 14.9. The van der Waals surface area contributed by atoms with Gasteiger partial charge in [-0.15, -0.1) is 0 Å². The third kappa shape index (κ3) is 7.00. The second kappa shape index (κ2) is 11.2. The number of carbonyl (C=O) groups is 2. The fourth-order valence-corrected chi connectivity index (χ4v) is 4.51. The highest BCUT2D eigenvalue weighted by atomic mass is 35.5. The van der Waals surface area contributed by atoms with E-state index in [-0.39, 0.29) is 28.2 Å². The number of anilines is 1. The number of sulfonamides is 1. The van der Waals surface area contributed by atoms with E-state index in [1.807, 2.05) is 0 Å². The molecule has 0 aliphatic rings. The zero-order valence-corrected chi connectivity index (χ0v) is 20.9. The van der Waals surface area contributed by atoms with Gasteiger partial charge in [0.15, 0.2) is 0 Å². The molecule has 0 aliphatic carbocycles. The Morgan fingerprint density at radius 3 is 2.31 bits per heavy atom. The molecule has 0 radical (unpaired) electrons. The second-order valence-electron chi connectivity index (χ2n) is 7.09. The maximum atomic E-state index is 13.3. The Hall–Kier alpha value is -2.00. The van der Waals surface area contributed by atoms with Crippen molar-refractivity contribution in [2.75, 3.05) is 23.7 Å². The van der Waals surface area contributed by atoms with Crippen molar-refractivity contribution in [3.8, 4) is 0 Å². The summed E-state index contributed by atoms with van der Waals surface area (Å²) >= 11 is 18.3. The highest BCUT2D eigenvalue weighted by Crippen LogP contribution is 2.31. The summed E-state index contributed by atoms with van der Waals surface area (Å²) in [4.78, 5) is 27.1. The smallest absolute Gasteiger partial charge is 0.244 e. The van der Waals surface area contributed by atoms with Crippen LogP contribution in [-0.2, 0) is 26.2 Å². The first kappa shape index (κ1) is 26.3. The fraction of sp³-hybridized carbons (Fsp3) is 0.333. The lowest BCUT2D eigenvalue weighted by molar-refractivity contribution is -0.139. The SMILES string of the molecule is CCNC(=O)C(C)N(Cc1cccc(Cl)c1)C(=O)CN(c1cc(Cl)ccc1Cl)S(C)(=O)=O. The van der Waals surface area contributed by atoms with E-state index in [1.165, 1.54) is 23.1 Å². The van der Waals surface area contributed by atoms with Crippen LogP contribution < -0.4 is 9.62 Å². The summed E-state index contributed by atoms with van der Waals surface area (Å²) in [5, 5.41) is 3.53. The fourth-order valence-electron chi connectivity index (χ4n) is 3.01. The number of carbonyl (C=O) groups excluding carboxylic acids is 2. The molecular formula is C21H24Cl3N3O4S. The van der Waals surface area contributed by atoms with Gasteiger partial charge in [0.1, 0.15) is 12.6 Å². The maximum Gasteiger partial charge on any atom is 0.244 e. The normalized spacial score (nSPS) is 12.2. The van der Waals surface area contributed by atoms with Crippen LogP contribution in [0.1, 0.15) is 19.4 Å². The Balaban J connectivity index is 2.43. The average Bonchev–Trinajstić information content (AvgIpc) is 2.71. The average molecular weight is 521 g/mol. The number of halogens is 3. The molecule has 1 unspecified atom stereocenters. The van der Waals surface area contributed by atoms with Crippen LogP contribution in [-0.4, -0.2) is 50.5 Å². The molecule has 32 heavy (non-hydrogen) atoms. The van der Waals surface area contributed by atoms with Gasteiger partial charge in [-0.05, 0) is 49.7 Å². The highest BCUT2D eigenvalue weighted by molar-refractivity contribution is 7.92. The van der Waals surface area contributed by atoms with Gasteiger partial charge in [-0.1, -0.05) is 46.9 Å². The minimum atomic E-state index is -3.90. The molecule has 1 N–H and O–H groups in total. The lowest BCUT2D eigenvalue weighted by Crippen LogP contribution is -2.51. The van der Waals surface area contributed by atoms with Crippen molar-refractivity contribution in [2.45, 2.75) is 26.4 Å². The van der Waals surface area contributed by atoms with E-state index in [2.05, 4.69) is 5.32 Å². The third-order valence-electron chi connectivity index (χ3n) is 4.62. The van der Waals surface area contributed by atoms with Gasteiger partial charge in [-0.25, -0.2) is 8.42 Å². The molecule has 0 saturated heterocycles. The van der Waals surface area contributed by atoms with Gasteiger partial charge in [0.25, 0.3) is 0 Å². The van der Waals surface area contributed by atoms with Gasteiger partial charge in [-0.2, -0.15) is 0 Å². The molecule has 0 spiro atoms. The molecule has 2 aromatic rings. The Kier molecular flexibility index (Phi) is 9.21. The summed E-state index contributed by atoms with van der Waals surface area (Å²) in [5.41, 5.74) is 0.761. The summed E-state index contributed by atoms with van der Waals surface area (Å²) in [6.07, 6.45) is 0.964. The van der Waals surface area contributed by atoms with Crippen molar-refractivity contribution in [2.24, 2.45) is 0 Å². The van der Waals surface area contributed by atoms with E-state index in [0.717, 1.165) is 10.6 Å². The summed E-state index contributed by atoms with van der Waals surface area (Å²) in [7, 11) is -3.90. The molecule has 0 aliphatic heterocycles. The van der Waals surface area contributed by atoms with Crippen molar-refractivity contribution < 1.29 is 18.0 Å². The molecule has 174 valence electrons. The zero-order chi connectivity index (χ0) is 24.1. The van der Waals surface area contributed by atoms with E-state index in [4.69, 9.17) is 34.8 Å². The number of benzene rings is 2. The van der Waals surface area contributed by atoms with E-state index < -0.39 is 28.5 Å². The molecule has 2 aromatic carbocycles. The number of amides is 2. The molecule has 2 amide bonds. The topological polar surface area (TPSA) is 86.8 Å². The van der Waals surface area contributed by atoms with Crippen LogP contribution in [0.5, 0.6) is 0 Å². The number of likely N-dealkylation sites (N-methyl/N-ethyl adjacent to an activating group) is 1. The highest BCUT2D eigenvalue weighted by Gasteiger charge is 2.30. The Labute approximate surface area is 203 Å². The van der Waals surface area contributed by atoms with Crippen molar-refractivity contribution >= 4 is 62.3 Å². The Bertz CT molecular complexity index is 1100. The zero-order valence-electron chi connectivity index (χ0n) is 17.8. The van der Waals surface area contributed by atoms with Gasteiger partial charge < -0.3 is 10.2 Å². The van der Waals surface area contributed by atoms with E-state index in [1.54, 1.807) is 38.1 Å². The molecular weight excluding hydrogens is 497 g/mol. The van der Waals surface area contributed by atoms with Crippen molar-refractivity contribution in [1.82, 2.24) is 10.2 Å². The van der Waals surface area contributed by atoms with Gasteiger partial charge in [-0.3, -0.25) is 13.9 Å². The van der Waals surface area contributed by atoms with Gasteiger partial charge in [0, 0.05) is 23.1 Å². The molecule has 0 bridgehead atoms. The number of rotatable bonds is 9. The largest absolute Gasteiger partial charge is 0.355 e. The number of nitrogens with zero attached hydrogens (tertiary/aromatic N) is 2. The first-order valence-electron chi connectivity index (χ1n) is 9.68. The Morgan fingerprint density at radius 2 is 1.72 bits per heavy atom. The number of nitrogens with one attached hydrogen (secondary N) is 1. The van der Waals surface area contributed by atoms with E-state index in [0.29, 0.717) is 17.1 Å². The lowest BCUT2D eigenvalue weighted by Gasteiger charge is -2.31. The summed E-state index contributed by atoms with van der Waals surface area (Å²) in [6, 6.07) is 10.3. The second-order valence-corrected chi connectivity index (χ2v) is 10.3. The Morgan fingerprint density at radius 1 is 1.06 bits per heavy atom. The molecule has 0 heterocycles. The minimum absolute atomic E-state index is 0.0541. The third-order valence-corrected chi connectivity index (χ3v) is 6.53. The quantitative estimate of drug-likeness (QED) is 0.542. The van der Waals surface area contributed by atoms with E-state index >= 15 is 0 Å². The van der Waals surface area contributed by atoms with Gasteiger partial charge >= 0.3 is 0 Å². The minimum Gasteiger partial charge on any atom is -0.355 e. The summed E-state index contributed by atoms with van der Waals surface area (Å²) in [6.45, 7) is 3.21. The monoisotopic (exact) mass is 519 g/mol. The predicted molar refractivity (Wildman–Crippen MR) is 129 cm³/mol. The molecule has 11 heteroatoms. The van der Waals surface area contributed by atoms with Crippen LogP contribution in [0.2, 0.25) is 15.1 Å². The maximum absolute atomic E-state index is 13.3. The standard InChI is InChI=1S/C21H24Cl3N3O4S/c1-4-25-21(29)14(2)26(12-15-6-5-7-16(22)10-15)20(28)13-27(32(3,30)31)19-11-17(23)8-9-18(19)24/h5-11,14H,4,12-13H2,1-3H3,(H,25,29). The van der Waals surface area contributed by atoms with E-state index in [9.17, 15) is 18.0 Å². The predicted octanol–water partition coefficient (Wildman–Crippen LogP) is 3.97. The lowest BCUT2D eigenvalue weighted by atomic mass is 10.1. The molecule has 7 nitrogen and oxygen atoms in total. The molecule has 1 atom stereocenters. The molecule has 0 fully saturated rings. The van der Waals surface area contributed by atoms with Crippen molar-refractivity contribution in [1.29, 1.82) is 0 Å². The summed E-state index contributed by atoms with van der Waals surface area (Å²) in [5.74, 6) is -0.959. The van der Waals surface area contributed by atoms with Crippen LogP contribution in [0.15, 0.2) is 42.5 Å². The molecule has 0 aromatic heterocycles. The van der Waals surface area contributed by atoms with Crippen LogP contribution in [0.4, 0.5) is 5.69 Å².